The van der Waals surface area contributed by atoms with E-state index in [0.717, 1.165) is 36.0 Å². The van der Waals surface area contributed by atoms with E-state index in [1.165, 1.54) is 0 Å². The molecule has 2 aromatic heterocycles. The van der Waals surface area contributed by atoms with Gasteiger partial charge in [-0.05, 0) is 30.8 Å². The van der Waals surface area contributed by atoms with E-state index in [4.69, 9.17) is 11.5 Å². The Kier molecular flexibility index (Phi) is 3.54. The Bertz CT molecular complexity index is 641. The number of nitrogen functional groups attached to an aromatic ring is 1. The van der Waals surface area contributed by atoms with Gasteiger partial charge < -0.3 is 11.5 Å². The molecule has 2 aromatic rings. The van der Waals surface area contributed by atoms with Crippen molar-refractivity contribution in [3.8, 4) is 0 Å². The van der Waals surface area contributed by atoms with Crippen molar-refractivity contribution in [2.75, 3.05) is 12.3 Å². The monoisotopic (exact) mass is 291 g/mol. The second-order valence-corrected chi connectivity index (χ2v) is 5.94. The third-order valence-corrected chi connectivity index (χ3v) is 4.49. The minimum Gasteiger partial charge on any atom is -0.383 e. The lowest BCUT2D eigenvalue weighted by Crippen LogP contribution is -2.47. The number of amides is 1. The molecule has 1 atom stereocenters. The van der Waals surface area contributed by atoms with Gasteiger partial charge in [0.25, 0.3) is 0 Å². The largest absolute Gasteiger partial charge is 0.383 e. The minimum atomic E-state index is -0.269. The second kappa shape index (κ2) is 5.34. The van der Waals surface area contributed by atoms with Gasteiger partial charge in [0, 0.05) is 0 Å². The SMILES string of the molecule is NC(=O)C1CCCCN1Cc1nc(N)c2ccsc2n1. The van der Waals surface area contributed by atoms with E-state index in [9.17, 15) is 4.79 Å². The van der Waals surface area contributed by atoms with Gasteiger partial charge in [-0.1, -0.05) is 6.42 Å². The molecular formula is C13H17N5OS. The number of piperidine rings is 1. The number of hydrogen-bond donors (Lipinski definition) is 2. The summed E-state index contributed by atoms with van der Waals surface area (Å²) in [7, 11) is 0. The Morgan fingerprint density at radius 2 is 2.30 bits per heavy atom. The quantitative estimate of drug-likeness (QED) is 0.882. The topological polar surface area (TPSA) is 98.1 Å². The summed E-state index contributed by atoms with van der Waals surface area (Å²) in [6, 6.07) is 1.71. The van der Waals surface area contributed by atoms with Gasteiger partial charge in [-0.25, -0.2) is 9.97 Å². The van der Waals surface area contributed by atoms with Crippen molar-refractivity contribution in [2.24, 2.45) is 5.73 Å². The van der Waals surface area contributed by atoms with Crippen molar-refractivity contribution in [1.29, 1.82) is 0 Å². The highest BCUT2D eigenvalue weighted by Crippen LogP contribution is 2.24. The summed E-state index contributed by atoms with van der Waals surface area (Å²) in [5.41, 5.74) is 11.4. The number of rotatable bonds is 3. The molecule has 0 saturated carbocycles. The Balaban J connectivity index is 1.85. The average Bonchev–Trinajstić information content (AvgIpc) is 2.88. The lowest BCUT2D eigenvalue weighted by Gasteiger charge is -2.32. The third-order valence-electron chi connectivity index (χ3n) is 3.69. The summed E-state index contributed by atoms with van der Waals surface area (Å²) in [6.45, 7) is 1.37. The molecule has 0 bridgehead atoms. The predicted octanol–water partition coefficient (Wildman–Crippen LogP) is 1.11. The fraction of sp³-hybridized carbons (Fsp3) is 0.462. The molecule has 20 heavy (non-hydrogen) atoms. The van der Waals surface area contributed by atoms with Crippen LogP contribution < -0.4 is 11.5 Å². The Labute approximate surface area is 120 Å². The summed E-state index contributed by atoms with van der Waals surface area (Å²) in [5.74, 6) is 0.888. The maximum atomic E-state index is 11.5. The second-order valence-electron chi connectivity index (χ2n) is 5.05. The van der Waals surface area contributed by atoms with E-state index >= 15 is 0 Å². The van der Waals surface area contributed by atoms with Gasteiger partial charge in [-0.15, -0.1) is 11.3 Å². The van der Waals surface area contributed by atoms with Crippen LogP contribution in [0, 0.1) is 0 Å². The van der Waals surface area contributed by atoms with Crippen LogP contribution in [0.4, 0.5) is 5.82 Å². The summed E-state index contributed by atoms with van der Waals surface area (Å²) >= 11 is 1.54. The van der Waals surface area contributed by atoms with E-state index in [1.807, 2.05) is 11.4 Å². The molecule has 3 heterocycles. The molecule has 1 amide bonds. The highest BCUT2D eigenvalue weighted by Gasteiger charge is 2.27. The van der Waals surface area contributed by atoms with Gasteiger partial charge in [0.1, 0.15) is 16.5 Å². The number of thiophene rings is 1. The summed E-state index contributed by atoms with van der Waals surface area (Å²) in [4.78, 5) is 23.3. The maximum absolute atomic E-state index is 11.5. The zero-order valence-corrected chi connectivity index (χ0v) is 11.9. The first-order chi connectivity index (χ1) is 9.65. The van der Waals surface area contributed by atoms with Crippen molar-refractivity contribution < 1.29 is 4.79 Å². The molecule has 1 aliphatic heterocycles. The van der Waals surface area contributed by atoms with Crippen LogP contribution in [-0.4, -0.2) is 33.4 Å². The van der Waals surface area contributed by atoms with Crippen LogP contribution in [0.1, 0.15) is 25.1 Å². The summed E-state index contributed by atoms with van der Waals surface area (Å²) < 4.78 is 0. The van der Waals surface area contributed by atoms with Crippen LogP contribution in [0.15, 0.2) is 11.4 Å². The van der Waals surface area contributed by atoms with Crippen molar-refractivity contribution in [1.82, 2.24) is 14.9 Å². The van der Waals surface area contributed by atoms with Crippen molar-refractivity contribution in [3.63, 3.8) is 0 Å². The number of primary amides is 1. The molecule has 1 aliphatic rings. The minimum absolute atomic E-state index is 0.215. The highest BCUT2D eigenvalue weighted by atomic mass is 32.1. The van der Waals surface area contributed by atoms with Gasteiger partial charge in [0.2, 0.25) is 5.91 Å². The van der Waals surface area contributed by atoms with E-state index in [0.29, 0.717) is 18.2 Å². The first kappa shape index (κ1) is 13.3. The molecule has 1 unspecified atom stereocenters. The molecule has 0 spiro atoms. The van der Waals surface area contributed by atoms with Gasteiger partial charge in [-0.3, -0.25) is 9.69 Å². The zero-order valence-electron chi connectivity index (χ0n) is 11.1. The highest BCUT2D eigenvalue weighted by molar-refractivity contribution is 7.16. The molecule has 0 aliphatic carbocycles. The van der Waals surface area contributed by atoms with Gasteiger partial charge >= 0.3 is 0 Å². The van der Waals surface area contributed by atoms with Crippen LogP contribution in [0.3, 0.4) is 0 Å². The van der Waals surface area contributed by atoms with Crippen molar-refractivity contribution >= 4 is 33.3 Å². The van der Waals surface area contributed by atoms with Crippen LogP contribution in [-0.2, 0) is 11.3 Å². The van der Waals surface area contributed by atoms with Gasteiger partial charge in [0.05, 0.1) is 18.0 Å². The molecule has 7 heteroatoms. The van der Waals surface area contributed by atoms with Gasteiger partial charge in [0.15, 0.2) is 0 Å². The standard InChI is InChI=1S/C13H17N5OS/c14-11-8-4-6-20-13(8)17-10(16-11)7-18-5-2-1-3-9(18)12(15)19/h4,6,9H,1-3,5,7H2,(H2,15,19)(H2,14,16,17). The number of fused-ring (bicyclic) bond motifs is 1. The maximum Gasteiger partial charge on any atom is 0.234 e. The van der Waals surface area contributed by atoms with Crippen LogP contribution in [0.5, 0.6) is 0 Å². The molecule has 1 fully saturated rings. The van der Waals surface area contributed by atoms with Crippen molar-refractivity contribution in [2.45, 2.75) is 31.8 Å². The lowest BCUT2D eigenvalue weighted by molar-refractivity contribution is -0.124. The fourth-order valence-corrected chi connectivity index (χ4v) is 3.47. The van der Waals surface area contributed by atoms with E-state index in [2.05, 4.69) is 14.9 Å². The number of nitrogens with two attached hydrogens (primary N) is 2. The average molecular weight is 291 g/mol. The number of carbonyl (C=O) groups is 1. The number of carbonyl (C=O) groups excluding carboxylic acids is 1. The lowest BCUT2D eigenvalue weighted by atomic mass is 10.0. The number of nitrogens with zero attached hydrogens (tertiary/aromatic N) is 3. The Morgan fingerprint density at radius 1 is 1.45 bits per heavy atom. The number of likely N-dealkylation sites (tertiary alicyclic amines) is 1. The smallest absolute Gasteiger partial charge is 0.234 e. The van der Waals surface area contributed by atoms with Gasteiger partial charge in [-0.2, -0.15) is 0 Å². The summed E-state index contributed by atoms with van der Waals surface area (Å²) in [5, 5.41) is 2.84. The Morgan fingerprint density at radius 3 is 3.10 bits per heavy atom. The van der Waals surface area contributed by atoms with Crippen LogP contribution in [0.25, 0.3) is 10.2 Å². The first-order valence-corrected chi connectivity index (χ1v) is 7.56. The molecule has 3 rings (SSSR count). The molecular weight excluding hydrogens is 274 g/mol. The fourth-order valence-electron chi connectivity index (χ4n) is 2.68. The van der Waals surface area contributed by atoms with E-state index in [1.54, 1.807) is 11.3 Å². The van der Waals surface area contributed by atoms with E-state index < -0.39 is 0 Å². The first-order valence-electron chi connectivity index (χ1n) is 6.68. The molecule has 4 N–H and O–H groups in total. The Hall–Kier alpha value is -1.73. The normalized spacial score (nSPS) is 20.3. The predicted molar refractivity (Wildman–Crippen MR) is 79.1 cm³/mol. The molecule has 106 valence electrons. The molecule has 6 nitrogen and oxygen atoms in total. The number of anilines is 1. The van der Waals surface area contributed by atoms with Crippen molar-refractivity contribution in [3.05, 3.63) is 17.3 Å². The van der Waals surface area contributed by atoms with Crippen LogP contribution >= 0.6 is 11.3 Å². The summed E-state index contributed by atoms with van der Waals surface area (Å²) in [6.07, 6.45) is 2.92. The number of hydrogen-bond acceptors (Lipinski definition) is 6. The third kappa shape index (κ3) is 2.46. The molecule has 0 radical (unpaired) electrons. The molecule has 0 aromatic carbocycles. The van der Waals surface area contributed by atoms with E-state index in [-0.39, 0.29) is 11.9 Å². The van der Waals surface area contributed by atoms with Crippen LogP contribution in [0.2, 0.25) is 0 Å². The zero-order chi connectivity index (χ0) is 14.1. The molecule has 1 saturated heterocycles. The number of aromatic nitrogens is 2.